The van der Waals surface area contributed by atoms with Crippen molar-refractivity contribution in [3.8, 4) is 0 Å². The van der Waals surface area contributed by atoms with Gasteiger partial charge in [-0.15, -0.1) is 0 Å². The summed E-state index contributed by atoms with van der Waals surface area (Å²) in [6.07, 6.45) is 4.29. The van der Waals surface area contributed by atoms with Crippen molar-refractivity contribution in [3.63, 3.8) is 0 Å². The molecule has 0 N–H and O–H groups in total. The van der Waals surface area contributed by atoms with Crippen molar-refractivity contribution in [1.29, 1.82) is 0 Å². The maximum absolute atomic E-state index is 10.3. The van der Waals surface area contributed by atoms with Crippen LogP contribution in [0.5, 0.6) is 0 Å². The lowest BCUT2D eigenvalue weighted by atomic mass is 10.1. The zero-order valence-electron chi connectivity index (χ0n) is 9.92. The molecule has 0 aliphatic rings. The average molecular weight is 201 g/mol. The van der Waals surface area contributed by atoms with Gasteiger partial charge < -0.3 is 4.74 Å². The molecule has 2 nitrogen and oxygen atoms in total. The fourth-order valence-corrected chi connectivity index (χ4v) is 1.49. The first-order valence-corrected chi connectivity index (χ1v) is 5.86. The zero-order valence-corrected chi connectivity index (χ0v) is 9.92. The molecule has 14 heavy (non-hydrogen) atoms. The molecule has 0 heterocycles. The van der Waals surface area contributed by atoms with Gasteiger partial charge in [-0.1, -0.05) is 27.2 Å². The second kappa shape index (κ2) is 9.47. The smallest absolute Gasteiger partial charge is 0.0824 e. The monoisotopic (exact) mass is 201 g/mol. The second-order valence-corrected chi connectivity index (χ2v) is 4.36. The molecule has 0 aliphatic heterocycles. The van der Waals surface area contributed by atoms with Gasteiger partial charge in [0.2, 0.25) is 0 Å². The fraction of sp³-hybridized carbons (Fsp3) is 1.00. The van der Waals surface area contributed by atoms with E-state index in [-0.39, 0.29) is 6.61 Å². The molecular formula is C12H25O2. The van der Waals surface area contributed by atoms with Crippen molar-refractivity contribution in [2.24, 2.45) is 11.8 Å². The van der Waals surface area contributed by atoms with Gasteiger partial charge in [-0.05, 0) is 31.1 Å². The Hall–Kier alpha value is -0.0800. The second-order valence-electron chi connectivity index (χ2n) is 4.36. The van der Waals surface area contributed by atoms with Gasteiger partial charge >= 0.3 is 0 Å². The molecule has 0 amide bonds. The lowest BCUT2D eigenvalue weighted by Gasteiger charge is -2.12. The number of ether oxygens (including phenoxy) is 1. The molecule has 0 aromatic rings. The molecule has 0 saturated carbocycles. The predicted molar refractivity (Wildman–Crippen MR) is 58.8 cm³/mol. The molecule has 0 aliphatic carbocycles. The minimum absolute atomic E-state index is 0.0490. The van der Waals surface area contributed by atoms with Crippen LogP contribution in [-0.4, -0.2) is 19.8 Å². The van der Waals surface area contributed by atoms with Gasteiger partial charge in [-0.25, -0.2) is 5.11 Å². The van der Waals surface area contributed by atoms with Gasteiger partial charge in [0.1, 0.15) is 0 Å². The van der Waals surface area contributed by atoms with Crippen molar-refractivity contribution in [1.82, 2.24) is 0 Å². The first kappa shape index (κ1) is 13.9. The molecule has 2 heteroatoms. The van der Waals surface area contributed by atoms with Gasteiger partial charge in [0.25, 0.3) is 0 Å². The van der Waals surface area contributed by atoms with E-state index in [1.807, 2.05) is 0 Å². The highest BCUT2D eigenvalue weighted by Gasteiger charge is 2.03. The standard InChI is InChI=1S/C12H25O2/c1-4-5-12(3)10-14-9-7-11(2)6-8-13/h11-12H,4-10H2,1-3H3. The third-order valence-corrected chi connectivity index (χ3v) is 2.55. The topological polar surface area (TPSA) is 29.1 Å². The van der Waals surface area contributed by atoms with Crippen LogP contribution >= 0.6 is 0 Å². The lowest BCUT2D eigenvalue weighted by Crippen LogP contribution is -2.09. The Bertz CT molecular complexity index is 101. The largest absolute Gasteiger partial charge is 0.381 e. The summed E-state index contributed by atoms with van der Waals surface area (Å²) in [7, 11) is 0. The van der Waals surface area contributed by atoms with E-state index in [0.717, 1.165) is 26.1 Å². The maximum Gasteiger partial charge on any atom is 0.0824 e. The molecular weight excluding hydrogens is 176 g/mol. The Morgan fingerprint density at radius 3 is 2.36 bits per heavy atom. The van der Waals surface area contributed by atoms with Crippen LogP contribution < -0.4 is 0 Å². The molecule has 1 radical (unpaired) electrons. The molecule has 85 valence electrons. The molecule has 2 unspecified atom stereocenters. The molecule has 0 rings (SSSR count). The van der Waals surface area contributed by atoms with Gasteiger partial charge in [-0.2, -0.15) is 0 Å². The van der Waals surface area contributed by atoms with Crippen LogP contribution in [0.4, 0.5) is 0 Å². The molecule has 0 spiro atoms. The highest BCUT2D eigenvalue weighted by Crippen LogP contribution is 2.09. The Labute approximate surface area is 88.7 Å². The first-order chi connectivity index (χ1) is 6.70. The third kappa shape index (κ3) is 8.52. The summed E-state index contributed by atoms with van der Waals surface area (Å²) in [5, 5.41) is 10.3. The number of hydrogen-bond donors (Lipinski definition) is 0. The maximum atomic E-state index is 10.3. The minimum atomic E-state index is 0.0490. The van der Waals surface area contributed by atoms with E-state index in [9.17, 15) is 5.11 Å². The van der Waals surface area contributed by atoms with Crippen LogP contribution in [0, 0.1) is 11.8 Å². The van der Waals surface area contributed by atoms with E-state index in [1.54, 1.807) is 0 Å². The van der Waals surface area contributed by atoms with Gasteiger partial charge in [-0.3, -0.25) is 0 Å². The third-order valence-electron chi connectivity index (χ3n) is 2.55. The Kier molecular flexibility index (Phi) is 9.42. The van der Waals surface area contributed by atoms with Crippen molar-refractivity contribution >= 4 is 0 Å². The summed E-state index contributed by atoms with van der Waals surface area (Å²) in [6.45, 7) is 8.29. The molecule has 0 saturated heterocycles. The van der Waals surface area contributed by atoms with Crippen molar-refractivity contribution < 1.29 is 9.84 Å². The van der Waals surface area contributed by atoms with E-state index in [1.165, 1.54) is 12.8 Å². The fourth-order valence-electron chi connectivity index (χ4n) is 1.49. The molecule has 0 bridgehead atoms. The van der Waals surface area contributed by atoms with Crippen LogP contribution in [0.15, 0.2) is 0 Å². The predicted octanol–water partition coefficient (Wildman–Crippen LogP) is 3.29. The highest BCUT2D eigenvalue weighted by molar-refractivity contribution is 4.53. The number of rotatable bonds is 9. The number of hydrogen-bond acceptors (Lipinski definition) is 1. The van der Waals surface area contributed by atoms with E-state index < -0.39 is 0 Å². The summed E-state index contributed by atoms with van der Waals surface area (Å²) in [6, 6.07) is 0. The van der Waals surface area contributed by atoms with E-state index in [2.05, 4.69) is 20.8 Å². The highest BCUT2D eigenvalue weighted by atomic mass is 16.5. The SMILES string of the molecule is CCCC(C)COCCC(C)CC[O]. The summed E-state index contributed by atoms with van der Waals surface area (Å²) in [4.78, 5) is 0. The van der Waals surface area contributed by atoms with Crippen molar-refractivity contribution in [2.45, 2.75) is 46.5 Å². The Balaban J connectivity index is 3.19. The Morgan fingerprint density at radius 2 is 1.79 bits per heavy atom. The van der Waals surface area contributed by atoms with E-state index in [4.69, 9.17) is 4.74 Å². The molecule has 0 aromatic carbocycles. The molecule has 0 fully saturated rings. The zero-order chi connectivity index (χ0) is 10.8. The summed E-state index contributed by atoms with van der Waals surface area (Å²) < 4.78 is 5.56. The first-order valence-electron chi connectivity index (χ1n) is 5.86. The molecule has 2 atom stereocenters. The quantitative estimate of drug-likeness (QED) is 0.526. The van der Waals surface area contributed by atoms with Crippen LogP contribution in [0.1, 0.15) is 46.5 Å². The average Bonchev–Trinajstić information content (AvgIpc) is 2.13. The van der Waals surface area contributed by atoms with Crippen molar-refractivity contribution in [2.75, 3.05) is 19.8 Å². The minimum Gasteiger partial charge on any atom is -0.381 e. The van der Waals surface area contributed by atoms with Crippen LogP contribution in [0.25, 0.3) is 0 Å². The molecule has 0 aromatic heterocycles. The van der Waals surface area contributed by atoms with E-state index >= 15 is 0 Å². The van der Waals surface area contributed by atoms with Gasteiger partial charge in [0, 0.05) is 13.2 Å². The van der Waals surface area contributed by atoms with Crippen LogP contribution in [0.3, 0.4) is 0 Å². The lowest BCUT2D eigenvalue weighted by molar-refractivity contribution is 0.0863. The van der Waals surface area contributed by atoms with Gasteiger partial charge in [0.05, 0.1) is 6.61 Å². The van der Waals surface area contributed by atoms with Crippen molar-refractivity contribution in [3.05, 3.63) is 0 Å². The van der Waals surface area contributed by atoms with E-state index in [0.29, 0.717) is 11.8 Å². The Morgan fingerprint density at radius 1 is 1.07 bits per heavy atom. The van der Waals surface area contributed by atoms with Gasteiger partial charge in [0.15, 0.2) is 0 Å². The van der Waals surface area contributed by atoms with Crippen LogP contribution in [-0.2, 0) is 9.84 Å². The summed E-state index contributed by atoms with van der Waals surface area (Å²) in [5.41, 5.74) is 0. The van der Waals surface area contributed by atoms with Crippen LogP contribution in [0.2, 0.25) is 0 Å². The summed E-state index contributed by atoms with van der Waals surface area (Å²) in [5.74, 6) is 1.20. The normalized spacial score (nSPS) is 15.4. The summed E-state index contributed by atoms with van der Waals surface area (Å²) >= 11 is 0.